The molecule has 0 amide bonds. The summed E-state index contributed by atoms with van der Waals surface area (Å²) in [6, 6.07) is 0. The molecule has 0 radical (unpaired) electrons. The number of rotatable bonds is 7. The Kier molecular flexibility index (Phi) is 4.53. The van der Waals surface area contributed by atoms with Gasteiger partial charge in [0.25, 0.3) is 10.0 Å². The Morgan fingerprint density at radius 1 is 1.33 bits per heavy atom. The van der Waals surface area contributed by atoms with Gasteiger partial charge in [0.1, 0.15) is 0 Å². The second-order valence-corrected chi connectivity index (χ2v) is 8.55. The van der Waals surface area contributed by atoms with E-state index in [0.717, 1.165) is 0 Å². The fraction of sp³-hybridized carbons (Fsp3) is 0.444. The topological polar surface area (TPSA) is 136 Å². The monoisotopic (exact) mass is 353 g/mol. The predicted molar refractivity (Wildman–Crippen MR) is 80.1 cm³/mol. The molecule has 2 aromatic rings. The number of fused-ring (bicyclic) bond motifs is 1. The van der Waals surface area contributed by atoms with Gasteiger partial charge in [0.2, 0.25) is 10.0 Å². The molecule has 2 heterocycles. The summed E-state index contributed by atoms with van der Waals surface area (Å²) in [5, 5.41) is 1.50. The molecule has 0 bridgehead atoms. The molecule has 0 fully saturated rings. The number of anilines is 1. The summed E-state index contributed by atoms with van der Waals surface area (Å²) >= 11 is 1.25. The minimum absolute atomic E-state index is 0.121. The van der Waals surface area contributed by atoms with Gasteiger partial charge in [0.15, 0.2) is 15.8 Å². The first-order chi connectivity index (χ1) is 9.77. The molecule has 12 heteroatoms. The third-order valence-electron chi connectivity index (χ3n) is 2.53. The standard InChI is InChI=1S/C9H15N5O4S3/c1-2-11-20(15,16)6-3-12-21(17,18)8-7(10)13-9-14(8)4-5-19-9/h4-5,11-12H,2-3,6,10H2,1H3. The molecular weight excluding hydrogens is 338 g/mol. The molecule has 0 saturated carbocycles. The molecule has 9 nitrogen and oxygen atoms in total. The van der Waals surface area contributed by atoms with Crippen LogP contribution < -0.4 is 15.2 Å². The van der Waals surface area contributed by atoms with E-state index in [4.69, 9.17) is 5.73 Å². The van der Waals surface area contributed by atoms with Crippen molar-refractivity contribution in [3.05, 3.63) is 11.6 Å². The lowest BCUT2D eigenvalue weighted by Crippen LogP contribution is -2.34. The average Bonchev–Trinajstić information content (AvgIpc) is 2.86. The summed E-state index contributed by atoms with van der Waals surface area (Å²) in [7, 11) is -7.43. The van der Waals surface area contributed by atoms with Crippen molar-refractivity contribution in [1.82, 2.24) is 18.8 Å². The lowest BCUT2D eigenvalue weighted by atomic mass is 10.8. The fourth-order valence-corrected chi connectivity index (χ4v) is 4.82. The van der Waals surface area contributed by atoms with Crippen molar-refractivity contribution in [3.63, 3.8) is 0 Å². The molecule has 0 saturated heterocycles. The molecule has 21 heavy (non-hydrogen) atoms. The zero-order chi connectivity index (χ0) is 15.7. The van der Waals surface area contributed by atoms with Gasteiger partial charge in [-0.2, -0.15) is 0 Å². The summed E-state index contributed by atoms with van der Waals surface area (Å²) in [5.74, 6) is -0.477. The number of nitrogens with one attached hydrogen (secondary N) is 2. The maximum atomic E-state index is 12.2. The molecule has 0 aliphatic heterocycles. The number of thiazole rings is 1. The Bertz CT molecular complexity index is 836. The Morgan fingerprint density at radius 2 is 2.05 bits per heavy atom. The van der Waals surface area contributed by atoms with Crippen LogP contribution in [0.5, 0.6) is 0 Å². The highest BCUT2D eigenvalue weighted by Crippen LogP contribution is 2.22. The van der Waals surface area contributed by atoms with Gasteiger partial charge in [-0.1, -0.05) is 6.92 Å². The van der Waals surface area contributed by atoms with Crippen LogP contribution in [0, 0.1) is 0 Å². The lowest BCUT2D eigenvalue weighted by Gasteiger charge is -2.07. The van der Waals surface area contributed by atoms with Gasteiger partial charge in [-0.05, 0) is 0 Å². The molecule has 2 aromatic heterocycles. The highest BCUT2D eigenvalue weighted by atomic mass is 32.2. The summed E-state index contributed by atoms with van der Waals surface area (Å²) in [5.41, 5.74) is 5.61. The van der Waals surface area contributed by atoms with E-state index in [1.165, 1.54) is 21.9 Å². The zero-order valence-electron chi connectivity index (χ0n) is 11.1. The number of nitrogen functional groups attached to an aromatic ring is 1. The summed E-state index contributed by atoms with van der Waals surface area (Å²) in [6.45, 7) is 1.64. The van der Waals surface area contributed by atoms with Crippen molar-refractivity contribution in [2.75, 3.05) is 24.6 Å². The second kappa shape index (κ2) is 5.88. The molecule has 0 aromatic carbocycles. The summed E-state index contributed by atoms with van der Waals surface area (Å²) in [6.07, 6.45) is 1.54. The Morgan fingerprint density at radius 3 is 2.71 bits per heavy atom. The maximum absolute atomic E-state index is 12.2. The predicted octanol–water partition coefficient (Wildman–Crippen LogP) is -0.804. The Labute approximate surface area is 126 Å². The molecule has 118 valence electrons. The van der Waals surface area contributed by atoms with E-state index < -0.39 is 20.0 Å². The third kappa shape index (κ3) is 3.52. The number of imidazole rings is 1. The number of sulfonamides is 2. The van der Waals surface area contributed by atoms with Crippen LogP contribution in [0.3, 0.4) is 0 Å². The van der Waals surface area contributed by atoms with Crippen LogP contribution >= 0.6 is 11.3 Å². The zero-order valence-corrected chi connectivity index (χ0v) is 13.6. The fourth-order valence-electron chi connectivity index (χ4n) is 1.72. The van der Waals surface area contributed by atoms with Crippen LogP contribution in [-0.2, 0) is 20.0 Å². The van der Waals surface area contributed by atoms with Gasteiger partial charge >= 0.3 is 0 Å². The van der Waals surface area contributed by atoms with Crippen molar-refractivity contribution in [2.24, 2.45) is 0 Å². The molecule has 0 spiro atoms. The maximum Gasteiger partial charge on any atom is 0.260 e. The van der Waals surface area contributed by atoms with E-state index in [-0.39, 0.29) is 29.7 Å². The number of aromatic nitrogens is 2. The average molecular weight is 353 g/mol. The third-order valence-corrected chi connectivity index (χ3v) is 6.25. The van der Waals surface area contributed by atoms with Crippen LogP contribution in [-0.4, -0.2) is 45.1 Å². The number of nitrogens with zero attached hydrogens (tertiary/aromatic N) is 2. The number of nitrogens with two attached hydrogens (primary N) is 1. The van der Waals surface area contributed by atoms with E-state index in [2.05, 4.69) is 14.4 Å². The SMILES string of the molecule is CCNS(=O)(=O)CCNS(=O)(=O)c1c(N)nc2sccn12. The largest absolute Gasteiger partial charge is 0.381 e. The Hall–Kier alpha value is -1.21. The first kappa shape index (κ1) is 16.2. The lowest BCUT2D eigenvalue weighted by molar-refractivity contribution is 0.574. The van der Waals surface area contributed by atoms with E-state index in [0.29, 0.717) is 4.96 Å². The van der Waals surface area contributed by atoms with E-state index in [1.54, 1.807) is 12.3 Å². The van der Waals surface area contributed by atoms with E-state index in [1.807, 2.05) is 0 Å². The molecular formula is C9H15N5O4S3. The van der Waals surface area contributed by atoms with Crippen molar-refractivity contribution >= 4 is 42.2 Å². The summed E-state index contributed by atoms with van der Waals surface area (Å²) in [4.78, 5) is 4.39. The molecule has 0 atom stereocenters. The molecule has 0 aliphatic carbocycles. The van der Waals surface area contributed by atoms with Gasteiger partial charge in [0, 0.05) is 24.7 Å². The number of hydrogen-bond donors (Lipinski definition) is 3. The van der Waals surface area contributed by atoms with Gasteiger partial charge < -0.3 is 5.73 Å². The van der Waals surface area contributed by atoms with Crippen molar-refractivity contribution in [1.29, 1.82) is 0 Å². The quantitative estimate of drug-likeness (QED) is 0.596. The minimum Gasteiger partial charge on any atom is -0.381 e. The second-order valence-electron chi connectivity index (χ2n) is 4.07. The number of hydrogen-bond acceptors (Lipinski definition) is 7. The molecule has 4 N–H and O–H groups in total. The van der Waals surface area contributed by atoms with Crippen LogP contribution in [0.4, 0.5) is 5.82 Å². The first-order valence-electron chi connectivity index (χ1n) is 5.95. The smallest absolute Gasteiger partial charge is 0.260 e. The van der Waals surface area contributed by atoms with Crippen LogP contribution in [0.2, 0.25) is 0 Å². The highest BCUT2D eigenvalue weighted by Gasteiger charge is 2.24. The van der Waals surface area contributed by atoms with Gasteiger partial charge in [-0.15, -0.1) is 11.3 Å². The van der Waals surface area contributed by atoms with Gasteiger partial charge in [-0.25, -0.2) is 31.3 Å². The van der Waals surface area contributed by atoms with Crippen LogP contribution in [0.25, 0.3) is 4.96 Å². The van der Waals surface area contributed by atoms with Crippen LogP contribution in [0.1, 0.15) is 6.92 Å². The van der Waals surface area contributed by atoms with Crippen molar-refractivity contribution < 1.29 is 16.8 Å². The first-order valence-corrected chi connectivity index (χ1v) is 9.96. The van der Waals surface area contributed by atoms with Crippen LogP contribution in [0.15, 0.2) is 16.6 Å². The minimum atomic E-state index is -3.94. The van der Waals surface area contributed by atoms with Gasteiger partial charge in [0.05, 0.1) is 5.75 Å². The summed E-state index contributed by atoms with van der Waals surface area (Å²) < 4.78 is 53.2. The highest BCUT2D eigenvalue weighted by molar-refractivity contribution is 7.90. The van der Waals surface area contributed by atoms with Crippen molar-refractivity contribution in [3.8, 4) is 0 Å². The van der Waals surface area contributed by atoms with Gasteiger partial charge in [-0.3, -0.25) is 4.40 Å². The normalized spacial score (nSPS) is 13.0. The van der Waals surface area contributed by atoms with E-state index in [9.17, 15) is 16.8 Å². The van der Waals surface area contributed by atoms with Crippen molar-refractivity contribution in [2.45, 2.75) is 11.9 Å². The molecule has 0 unspecified atom stereocenters. The van der Waals surface area contributed by atoms with E-state index >= 15 is 0 Å². The molecule has 2 rings (SSSR count). The Balaban J connectivity index is 2.16. The molecule has 0 aliphatic rings.